The Balaban J connectivity index is 1.05. The largest absolute Gasteiger partial charge is 0.489 e. The van der Waals surface area contributed by atoms with E-state index in [0.717, 1.165) is 24.2 Å². The number of aliphatic hydroxyl groups excluding tert-OH is 3. The molecule has 4 heterocycles. The van der Waals surface area contributed by atoms with Crippen LogP contribution in [0.1, 0.15) is 66.7 Å². The SMILES string of the molecule is CC1O[C@H](CNC(=O)CCC(=O)O[C@@H]2[C@@]3(C(C)C)C[C@H]3[C@@H]3O[C@@]34[C@@]3(C)CCC5=C(OCC5=O)[C@@H]3CO[C@]24C)[C@@H](O)[C@H](O)[C@H]1O. The highest BCUT2D eigenvalue weighted by molar-refractivity contribution is 5.99. The van der Waals surface area contributed by atoms with Gasteiger partial charge in [0.05, 0.1) is 25.2 Å². The molecule has 7 rings (SSSR count). The lowest BCUT2D eigenvalue weighted by molar-refractivity contribution is -0.268. The van der Waals surface area contributed by atoms with Gasteiger partial charge in [-0.25, -0.2) is 0 Å². The van der Waals surface area contributed by atoms with Crippen molar-refractivity contribution in [2.75, 3.05) is 19.8 Å². The molecule has 44 heavy (non-hydrogen) atoms. The fourth-order valence-electron chi connectivity index (χ4n) is 9.90. The van der Waals surface area contributed by atoms with Crippen LogP contribution in [-0.4, -0.2) is 107 Å². The van der Waals surface area contributed by atoms with Gasteiger partial charge in [-0.2, -0.15) is 0 Å². The van der Waals surface area contributed by atoms with Crippen LogP contribution in [0.3, 0.4) is 0 Å². The maximum atomic E-state index is 13.4. The molecule has 12 nitrogen and oxygen atoms in total. The van der Waals surface area contributed by atoms with Crippen molar-refractivity contribution in [3.05, 3.63) is 11.3 Å². The number of aliphatic hydroxyl groups is 3. The van der Waals surface area contributed by atoms with Crippen LogP contribution in [0.5, 0.6) is 0 Å². The zero-order chi connectivity index (χ0) is 31.6. The van der Waals surface area contributed by atoms with E-state index in [-0.39, 0.29) is 66.5 Å². The number of rotatable bonds is 7. The average molecular weight is 620 g/mol. The Morgan fingerprint density at radius 1 is 1.11 bits per heavy atom. The number of carbonyl (C=O) groups is 3. The molecule has 0 aromatic carbocycles. The van der Waals surface area contributed by atoms with Crippen LogP contribution in [0.4, 0.5) is 0 Å². The topological polar surface area (TPSA) is 173 Å². The van der Waals surface area contributed by atoms with E-state index in [1.54, 1.807) is 6.92 Å². The van der Waals surface area contributed by atoms with Crippen LogP contribution >= 0.6 is 0 Å². The standard InChI is InChI=1S/C32H45NO11/c1-14(2)31-10-17(31)27-32(44-27)29(4)9-8-16-19(34)13-40-26(16)18(29)12-41-30(32,5)28(31)43-22(36)7-6-21(35)33-11-20-24(38)25(39)23(37)15(3)42-20/h14-15,17-18,20,23-25,27-28,37-39H,6-13H2,1-5H3,(H,33,35)/t15?,17-,18-,20+,23-,24+,25+,27-,28-,29-,30+,31+,32+/m0/s1. The molecule has 0 radical (unpaired) electrons. The number of hydrogen-bond donors (Lipinski definition) is 4. The summed E-state index contributed by atoms with van der Waals surface area (Å²) in [6, 6.07) is 0. The number of epoxide rings is 1. The third-order valence-corrected chi connectivity index (χ3v) is 12.6. The number of ether oxygens (including phenoxy) is 5. The average Bonchev–Trinajstić information content (AvgIpc) is 3.88. The Hall–Kier alpha value is -2.09. The summed E-state index contributed by atoms with van der Waals surface area (Å²) in [6.07, 6.45) is -4.18. The molecule has 1 unspecified atom stereocenters. The normalized spacial score (nSPS) is 50.0. The Morgan fingerprint density at radius 2 is 1.86 bits per heavy atom. The van der Waals surface area contributed by atoms with Gasteiger partial charge in [0, 0.05) is 35.3 Å². The Bertz CT molecular complexity index is 1300. The van der Waals surface area contributed by atoms with Crippen molar-refractivity contribution in [1.82, 2.24) is 5.32 Å². The highest BCUT2D eigenvalue weighted by atomic mass is 16.7. The summed E-state index contributed by atoms with van der Waals surface area (Å²) in [5.74, 6) is 0.188. The number of carbonyl (C=O) groups excluding carboxylic acids is 3. The third kappa shape index (κ3) is 3.87. The van der Waals surface area contributed by atoms with Crippen molar-refractivity contribution in [2.24, 2.45) is 28.6 Å². The number of Topliss-reactive ketones (excluding diaryl/α,β-unsaturated/α-hetero) is 1. The summed E-state index contributed by atoms with van der Waals surface area (Å²) in [6.45, 7) is 10.4. The first-order valence-corrected chi connectivity index (χ1v) is 16.1. The van der Waals surface area contributed by atoms with Gasteiger partial charge < -0.3 is 44.3 Å². The van der Waals surface area contributed by atoms with Gasteiger partial charge in [-0.1, -0.05) is 20.8 Å². The molecule has 244 valence electrons. The molecule has 2 saturated carbocycles. The van der Waals surface area contributed by atoms with E-state index in [1.807, 2.05) is 6.92 Å². The van der Waals surface area contributed by atoms with Gasteiger partial charge >= 0.3 is 5.97 Å². The molecule has 4 aliphatic heterocycles. The number of amides is 1. The Labute approximate surface area is 256 Å². The van der Waals surface area contributed by atoms with Gasteiger partial charge in [0.1, 0.15) is 47.5 Å². The Kier molecular flexibility index (Phi) is 6.91. The molecule has 0 aromatic heterocycles. The summed E-state index contributed by atoms with van der Waals surface area (Å²) in [5.41, 5.74) is -1.49. The monoisotopic (exact) mass is 619 g/mol. The van der Waals surface area contributed by atoms with Crippen molar-refractivity contribution < 1.29 is 53.4 Å². The van der Waals surface area contributed by atoms with Gasteiger partial charge in [-0.05, 0) is 44.9 Å². The lowest BCUT2D eigenvalue weighted by Gasteiger charge is -2.60. The Morgan fingerprint density at radius 3 is 2.59 bits per heavy atom. The van der Waals surface area contributed by atoms with Crippen molar-refractivity contribution in [3.8, 4) is 0 Å². The summed E-state index contributed by atoms with van der Waals surface area (Å²) >= 11 is 0. The second-order valence-electron chi connectivity index (χ2n) is 14.8. The molecule has 5 fully saturated rings. The van der Waals surface area contributed by atoms with Gasteiger partial charge in [0.15, 0.2) is 12.4 Å². The second-order valence-corrected chi connectivity index (χ2v) is 14.8. The summed E-state index contributed by atoms with van der Waals surface area (Å²) in [5, 5.41) is 32.8. The lowest BCUT2D eigenvalue weighted by atomic mass is 9.49. The van der Waals surface area contributed by atoms with Crippen molar-refractivity contribution in [2.45, 2.75) is 121 Å². The first-order valence-electron chi connectivity index (χ1n) is 16.1. The molecule has 1 spiro atoms. The molecule has 1 amide bonds. The van der Waals surface area contributed by atoms with Gasteiger partial charge in [0.2, 0.25) is 5.91 Å². The van der Waals surface area contributed by atoms with Crippen LogP contribution in [0.2, 0.25) is 0 Å². The minimum absolute atomic E-state index is 0.0256. The summed E-state index contributed by atoms with van der Waals surface area (Å²) in [4.78, 5) is 38.6. The van der Waals surface area contributed by atoms with Crippen molar-refractivity contribution in [3.63, 3.8) is 0 Å². The smallest absolute Gasteiger partial charge is 0.306 e. The highest BCUT2D eigenvalue weighted by Crippen LogP contribution is 2.82. The number of ketones is 1. The van der Waals surface area contributed by atoms with Gasteiger partial charge in [0.25, 0.3) is 0 Å². The third-order valence-electron chi connectivity index (χ3n) is 12.6. The second kappa shape index (κ2) is 9.95. The van der Waals surface area contributed by atoms with E-state index in [2.05, 4.69) is 26.1 Å². The molecule has 0 aromatic rings. The van der Waals surface area contributed by atoms with E-state index < -0.39 is 59.7 Å². The molecule has 3 saturated heterocycles. The zero-order valence-corrected chi connectivity index (χ0v) is 26.0. The van der Waals surface area contributed by atoms with E-state index in [1.165, 1.54) is 0 Å². The van der Waals surface area contributed by atoms with Crippen LogP contribution in [-0.2, 0) is 38.1 Å². The van der Waals surface area contributed by atoms with E-state index >= 15 is 0 Å². The first-order chi connectivity index (χ1) is 20.7. The molecule has 0 bridgehead atoms. The van der Waals surface area contributed by atoms with Crippen LogP contribution in [0, 0.1) is 28.6 Å². The van der Waals surface area contributed by atoms with E-state index in [9.17, 15) is 29.7 Å². The molecule has 13 atom stereocenters. The highest BCUT2D eigenvalue weighted by Gasteiger charge is 2.93. The number of nitrogens with one attached hydrogen (secondary N) is 1. The van der Waals surface area contributed by atoms with Crippen molar-refractivity contribution in [1.29, 1.82) is 0 Å². The predicted octanol–water partition coefficient (Wildman–Crippen LogP) is 0.537. The fourth-order valence-corrected chi connectivity index (χ4v) is 9.90. The maximum Gasteiger partial charge on any atom is 0.306 e. The number of hydrogen-bond acceptors (Lipinski definition) is 11. The van der Waals surface area contributed by atoms with Crippen LogP contribution in [0.15, 0.2) is 11.3 Å². The summed E-state index contributed by atoms with van der Waals surface area (Å²) < 4.78 is 31.4. The molecule has 12 heteroatoms. The van der Waals surface area contributed by atoms with Crippen LogP contribution < -0.4 is 5.32 Å². The van der Waals surface area contributed by atoms with Crippen molar-refractivity contribution >= 4 is 17.7 Å². The zero-order valence-electron chi connectivity index (χ0n) is 26.0. The molecule has 7 aliphatic rings. The van der Waals surface area contributed by atoms with E-state index in [4.69, 9.17) is 23.7 Å². The summed E-state index contributed by atoms with van der Waals surface area (Å²) in [7, 11) is 0. The number of esters is 1. The maximum absolute atomic E-state index is 13.4. The van der Waals surface area contributed by atoms with Gasteiger partial charge in [-0.15, -0.1) is 0 Å². The number of fused-ring (bicyclic) bond motifs is 4. The lowest BCUT2D eigenvalue weighted by Crippen LogP contribution is -2.73. The molecule has 4 N–H and O–H groups in total. The minimum Gasteiger partial charge on any atom is -0.489 e. The fraction of sp³-hybridized carbons (Fsp3) is 0.844. The van der Waals surface area contributed by atoms with E-state index in [0.29, 0.717) is 13.0 Å². The van der Waals surface area contributed by atoms with Crippen LogP contribution in [0.25, 0.3) is 0 Å². The molecule has 3 aliphatic carbocycles. The first kappa shape index (κ1) is 30.6. The molecular formula is C32H45NO11. The molecular weight excluding hydrogens is 574 g/mol. The predicted molar refractivity (Wildman–Crippen MR) is 151 cm³/mol. The van der Waals surface area contributed by atoms with Gasteiger partial charge in [-0.3, -0.25) is 14.4 Å². The minimum atomic E-state index is -1.38. The quantitative estimate of drug-likeness (QED) is 0.231.